The Morgan fingerprint density at radius 3 is 1.88 bits per heavy atom. The Hall–Kier alpha value is -1.99. The number of alkyl halides is 6. The molecule has 0 saturated carbocycles. The number of rotatable bonds is 2. The second-order valence-electron chi connectivity index (χ2n) is 6.53. The highest BCUT2D eigenvalue weighted by Gasteiger charge is 2.32. The minimum absolute atomic E-state index is 0.389. The van der Waals surface area contributed by atoms with Gasteiger partial charge in [0.25, 0.3) is 0 Å². The Labute approximate surface area is 135 Å². The molecule has 132 valence electrons. The topological polar surface area (TPSA) is 17.8 Å². The summed E-state index contributed by atoms with van der Waals surface area (Å²) in [5, 5.41) is 3.99. The SMILES string of the molecule is CC(C)(C)c1nn(CC(F)(F)F)cc1-c1ccc(C(F)(F)F)cc1. The summed E-state index contributed by atoms with van der Waals surface area (Å²) in [6, 6.07) is 4.30. The molecule has 0 fully saturated rings. The van der Waals surface area contributed by atoms with Crippen LogP contribution in [0.5, 0.6) is 0 Å². The van der Waals surface area contributed by atoms with Gasteiger partial charge in [-0.1, -0.05) is 32.9 Å². The highest BCUT2D eigenvalue weighted by molar-refractivity contribution is 5.67. The predicted octanol–water partition coefficient (Wildman–Crippen LogP) is 5.43. The van der Waals surface area contributed by atoms with Crippen molar-refractivity contribution in [2.24, 2.45) is 0 Å². The van der Waals surface area contributed by atoms with Gasteiger partial charge in [0.1, 0.15) is 6.54 Å². The standard InChI is InChI=1S/C16H16F6N2/c1-14(2,3)13-12(8-24(23-13)9-15(17,18)19)10-4-6-11(7-5-10)16(20,21)22/h4-8H,9H2,1-3H3. The lowest BCUT2D eigenvalue weighted by atomic mass is 9.87. The van der Waals surface area contributed by atoms with Crippen LogP contribution in [-0.2, 0) is 18.1 Å². The molecule has 2 rings (SSSR count). The van der Waals surface area contributed by atoms with E-state index in [-0.39, 0.29) is 0 Å². The van der Waals surface area contributed by atoms with Gasteiger partial charge in [0, 0.05) is 17.2 Å². The molecule has 0 aliphatic heterocycles. The third kappa shape index (κ3) is 4.30. The minimum atomic E-state index is -4.47. The average molecular weight is 350 g/mol. The van der Waals surface area contributed by atoms with Crippen molar-refractivity contribution in [3.63, 3.8) is 0 Å². The molecular weight excluding hydrogens is 334 g/mol. The van der Waals surface area contributed by atoms with Gasteiger partial charge in [0.15, 0.2) is 0 Å². The summed E-state index contributed by atoms with van der Waals surface area (Å²) in [6.45, 7) is 4.08. The molecular formula is C16H16F6N2. The van der Waals surface area contributed by atoms with Crippen LogP contribution in [-0.4, -0.2) is 16.0 Å². The van der Waals surface area contributed by atoms with Gasteiger partial charge in [0.2, 0.25) is 0 Å². The zero-order valence-electron chi connectivity index (χ0n) is 13.3. The van der Waals surface area contributed by atoms with Crippen molar-refractivity contribution in [3.8, 4) is 11.1 Å². The van der Waals surface area contributed by atoms with E-state index >= 15 is 0 Å². The van der Waals surface area contributed by atoms with Gasteiger partial charge in [-0.2, -0.15) is 31.4 Å². The van der Waals surface area contributed by atoms with Crippen LogP contribution in [0.2, 0.25) is 0 Å². The number of nitrogens with zero attached hydrogens (tertiary/aromatic N) is 2. The summed E-state index contributed by atoms with van der Waals surface area (Å²) in [7, 11) is 0. The lowest BCUT2D eigenvalue weighted by Gasteiger charge is -2.18. The van der Waals surface area contributed by atoms with Crippen molar-refractivity contribution in [2.45, 2.75) is 45.1 Å². The normalized spacial score (nSPS) is 13.4. The van der Waals surface area contributed by atoms with Crippen molar-refractivity contribution < 1.29 is 26.3 Å². The van der Waals surface area contributed by atoms with Gasteiger partial charge in [-0.3, -0.25) is 4.68 Å². The third-order valence-corrected chi connectivity index (χ3v) is 3.34. The summed E-state index contributed by atoms with van der Waals surface area (Å²) in [6.07, 6.45) is -7.68. The molecule has 2 nitrogen and oxygen atoms in total. The molecule has 24 heavy (non-hydrogen) atoms. The Balaban J connectivity index is 2.48. The van der Waals surface area contributed by atoms with Crippen LogP contribution in [0.15, 0.2) is 30.5 Å². The first kappa shape index (κ1) is 18.4. The van der Waals surface area contributed by atoms with Crippen molar-refractivity contribution in [2.75, 3.05) is 0 Å². The highest BCUT2D eigenvalue weighted by atomic mass is 19.4. The number of benzene rings is 1. The zero-order valence-corrected chi connectivity index (χ0v) is 13.3. The van der Waals surface area contributed by atoms with Gasteiger partial charge >= 0.3 is 12.4 Å². The lowest BCUT2D eigenvalue weighted by Crippen LogP contribution is -2.19. The molecule has 0 spiro atoms. The summed E-state index contributed by atoms with van der Waals surface area (Å²) in [5.41, 5.74) is -0.200. The first-order valence-electron chi connectivity index (χ1n) is 7.10. The van der Waals surface area contributed by atoms with Crippen LogP contribution in [0, 0.1) is 0 Å². The van der Waals surface area contributed by atoms with Gasteiger partial charge in [-0.15, -0.1) is 0 Å². The van der Waals surface area contributed by atoms with Gasteiger partial charge in [0.05, 0.1) is 11.3 Å². The van der Waals surface area contributed by atoms with Crippen LogP contribution in [0.4, 0.5) is 26.3 Å². The van der Waals surface area contributed by atoms with E-state index in [9.17, 15) is 26.3 Å². The average Bonchev–Trinajstić information content (AvgIpc) is 2.79. The van der Waals surface area contributed by atoms with Crippen LogP contribution in [0.25, 0.3) is 11.1 Å². The second kappa shape index (κ2) is 5.82. The molecule has 0 N–H and O–H groups in total. The molecule has 8 heteroatoms. The predicted molar refractivity (Wildman–Crippen MR) is 77.4 cm³/mol. The minimum Gasteiger partial charge on any atom is -0.263 e. The second-order valence-corrected chi connectivity index (χ2v) is 6.53. The molecule has 0 amide bonds. The van der Waals surface area contributed by atoms with Gasteiger partial charge < -0.3 is 0 Å². The van der Waals surface area contributed by atoms with Crippen molar-refractivity contribution in [1.29, 1.82) is 0 Å². The van der Waals surface area contributed by atoms with Gasteiger partial charge in [-0.05, 0) is 17.7 Å². The molecule has 0 unspecified atom stereocenters. The van der Waals surface area contributed by atoms with Crippen LogP contribution in [0.1, 0.15) is 32.0 Å². The Morgan fingerprint density at radius 2 is 1.46 bits per heavy atom. The van der Waals surface area contributed by atoms with E-state index in [4.69, 9.17) is 0 Å². The first-order valence-corrected chi connectivity index (χ1v) is 7.10. The van der Waals surface area contributed by atoms with E-state index in [1.165, 1.54) is 18.3 Å². The quantitative estimate of drug-likeness (QED) is 0.661. The van der Waals surface area contributed by atoms with E-state index in [0.717, 1.165) is 16.8 Å². The smallest absolute Gasteiger partial charge is 0.263 e. The molecule has 0 atom stereocenters. The zero-order chi connectivity index (χ0) is 18.3. The molecule has 0 aliphatic carbocycles. The van der Waals surface area contributed by atoms with Crippen LogP contribution >= 0.6 is 0 Å². The fraction of sp³-hybridized carbons (Fsp3) is 0.438. The van der Waals surface area contributed by atoms with E-state index < -0.39 is 29.9 Å². The maximum atomic E-state index is 12.6. The van der Waals surface area contributed by atoms with Crippen molar-refractivity contribution >= 4 is 0 Å². The number of hydrogen-bond acceptors (Lipinski definition) is 1. The third-order valence-electron chi connectivity index (χ3n) is 3.34. The van der Waals surface area contributed by atoms with E-state index in [0.29, 0.717) is 16.8 Å². The fourth-order valence-electron chi connectivity index (χ4n) is 2.29. The summed E-state index contributed by atoms with van der Waals surface area (Å²) < 4.78 is 76.4. The van der Waals surface area contributed by atoms with Crippen molar-refractivity contribution in [3.05, 3.63) is 41.7 Å². The van der Waals surface area contributed by atoms with Crippen LogP contribution < -0.4 is 0 Å². The summed E-state index contributed by atoms with van der Waals surface area (Å²) >= 11 is 0. The van der Waals surface area contributed by atoms with Crippen LogP contribution in [0.3, 0.4) is 0 Å². The Kier molecular flexibility index (Phi) is 4.45. The lowest BCUT2D eigenvalue weighted by molar-refractivity contribution is -0.142. The molecule has 0 aliphatic rings. The van der Waals surface area contributed by atoms with E-state index in [2.05, 4.69) is 5.10 Å². The molecule has 1 aromatic carbocycles. The number of hydrogen-bond donors (Lipinski definition) is 0. The number of aromatic nitrogens is 2. The highest BCUT2D eigenvalue weighted by Crippen LogP contribution is 2.35. The van der Waals surface area contributed by atoms with E-state index in [1.807, 2.05) is 0 Å². The largest absolute Gasteiger partial charge is 0.416 e. The molecule has 1 heterocycles. The summed E-state index contributed by atoms with van der Waals surface area (Å²) in [5.74, 6) is 0. The summed E-state index contributed by atoms with van der Waals surface area (Å²) in [4.78, 5) is 0. The molecule has 1 aromatic heterocycles. The molecule has 0 bridgehead atoms. The Morgan fingerprint density at radius 1 is 0.917 bits per heavy atom. The maximum Gasteiger partial charge on any atom is 0.416 e. The van der Waals surface area contributed by atoms with E-state index in [1.54, 1.807) is 20.8 Å². The fourth-order valence-corrected chi connectivity index (χ4v) is 2.29. The number of halogens is 6. The Bertz CT molecular complexity index is 702. The monoisotopic (exact) mass is 350 g/mol. The maximum absolute atomic E-state index is 12.6. The van der Waals surface area contributed by atoms with Gasteiger partial charge in [-0.25, -0.2) is 0 Å². The molecule has 0 radical (unpaired) electrons. The molecule has 2 aromatic rings. The first-order chi connectivity index (χ1) is 10.8. The molecule has 0 saturated heterocycles. The van der Waals surface area contributed by atoms with Crippen molar-refractivity contribution in [1.82, 2.24) is 9.78 Å².